The Morgan fingerprint density at radius 1 is 1.47 bits per heavy atom. The van der Waals surface area contributed by atoms with E-state index in [4.69, 9.17) is 16.3 Å². The summed E-state index contributed by atoms with van der Waals surface area (Å²) in [5, 5.41) is 2.42. The van der Waals surface area contributed by atoms with E-state index in [1.807, 2.05) is 0 Å². The largest absolute Gasteiger partial charge is 0.461 e. The number of carbonyl (C=O) groups excluding carboxylic acids is 1. The molecule has 2 heterocycles. The van der Waals surface area contributed by atoms with Gasteiger partial charge in [-0.1, -0.05) is 11.6 Å². The van der Waals surface area contributed by atoms with Crippen molar-refractivity contribution >= 4 is 28.9 Å². The number of halogens is 1. The molecule has 0 fully saturated rings. The fraction of sp³-hybridized carbons (Fsp3) is 0.200. The molecule has 0 N–H and O–H groups in total. The molecule has 2 aromatic rings. The third-order valence-electron chi connectivity index (χ3n) is 1.84. The smallest absolute Gasteiger partial charge is 0.357 e. The molecule has 0 aromatic carbocycles. The summed E-state index contributed by atoms with van der Waals surface area (Å²) in [6, 6.07) is 0. The monoisotopic (exact) mass is 269 g/mol. The van der Waals surface area contributed by atoms with Crippen LogP contribution in [0.1, 0.15) is 17.4 Å². The van der Waals surface area contributed by atoms with E-state index in [9.17, 15) is 4.79 Å². The van der Waals surface area contributed by atoms with Gasteiger partial charge in [-0.15, -0.1) is 11.3 Å². The number of nitrogens with zero attached hydrogens (tertiary/aromatic N) is 3. The van der Waals surface area contributed by atoms with Gasteiger partial charge in [-0.25, -0.2) is 19.7 Å². The summed E-state index contributed by atoms with van der Waals surface area (Å²) in [6.07, 6.45) is 3.01. The van der Waals surface area contributed by atoms with Crippen molar-refractivity contribution in [3.05, 3.63) is 28.6 Å². The van der Waals surface area contributed by atoms with E-state index in [2.05, 4.69) is 15.0 Å². The van der Waals surface area contributed by atoms with Gasteiger partial charge in [-0.2, -0.15) is 0 Å². The molecule has 0 aliphatic carbocycles. The number of hydrogen-bond acceptors (Lipinski definition) is 6. The minimum atomic E-state index is -0.449. The number of carbonyl (C=O) groups is 1. The highest BCUT2D eigenvalue weighted by atomic mass is 35.5. The van der Waals surface area contributed by atoms with E-state index >= 15 is 0 Å². The lowest BCUT2D eigenvalue weighted by Crippen LogP contribution is -2.04. The molecule has 17 heavy (non-hydrogen) atoms. The minimum absolute atomic E-state index is 0.258. The Bertz CT molecular complexity index is 544. The molecule has 0 amide bonds. The third kappa shape index (κ3) is 2.59. The summed E-state index contributed by atoms with van der Waals surface area (Å²) in [7, 11) is 0. The van der Waals surface area contributed by atoms with Crippen LogP contribution in [0.3, 0.4) is 0 Å². The number of thiazole rings is 1. The minimum Gasteiger partial charge on any atom is -0.461 e. The first-order valence-electron chi connectivity index (χ1n) is 4.82. The van der Waals surface area contributed by atoms with Crippen molar-refractivity contribution in [1.29, 1.82) is 0 Å². The van der Waals surface area contributed by atoms with E-state index in [1.54, 1.807) is 12.3 Å². The first-order valence-corrected chi connectivity index (χ1v) is 6.07. The Morgan fingerprint density at radius 3 is 2.94 bits per heavy atom. The van der Waals surface area contributed by atoms with Gasteiger partial charge in [0.15, 0.2) is 10.8 Å². The lowest BCUT2D eigenvalue weighted by molar-refractivity contribution is 0.0520. The molecular weight excluding hydrogens is 262 g/mol. The van der Waals surface area contributed by atoms with Crippen molar-refractivity contribution in [2.45, 2.75) is 6.92 Å². The number of ether oxygens (including phenoxy) is 1. The van der Waals surface area contributed by atoms with Crippen LogP contribution >= 0.6 is 22.9 Å². The van der Waals surface area contributed by atoms with Gasteiger partial charge in [0.05, 0.1) is 6.61 Å². The SMILES string of the molecule is CCOC(=O)c1csc(-c2nccnc2Cl)n1. The molecule has 0 aliphatic rings. The first-order chi connectivity index (χ1) is 8.22. The van der Waals surface area contributed by atoms with Crippen LogP contribution in [0, 0.1) is 0 Å². The van der Waals surface area contributed by atoms with Crippen LogP contribution in [0.5, 0.6) is 0 Å². The average Bonchev–Trinajstić information content (AvgIpc) is 2.79. The molecule has 0 saturated carbocycles. The second-order valence-electron chi connectivity index (χ2n) is 2.95. The van der Waals surface area contributed by atoms with Gasteiger partial charge >= 0.3 is 5.97 Å². The molecular formula is C10H8ClN3O2S. The Balaban J connectivity index is 2.30. The molecule has 0 aliphatic heterocycles. The van der Waals surface area contributed by atoms with Crippen molar-refractivity contribution in [3.63, 3.8) is 0 Å². The topological polar surface area (TPSA) is 65.0 Å². The predicted molar refractivity (Wildman–Crippen MR) is 64.1 cm³/mol. The average molecular weight is 270 g/mol. The van der Waals surface area contributed by atoms with Crippen molar-refractivity contribution in [1.82, 2.24) is 15.0 Å². The zero-order valence-corrected chi connectivity index (χ0v) is 10.5. The number of aromatic nitrogens is 3. The fourth-order valence-corrected chi connectivity index (χ4v) is 2.18. The highest BCUT2D eigenvalue weighted by Crippen LogP contribution is 2.26. The maximum absolute atomic E-state index is 11.4. The predicted octanol–water partition coefficient (Wildman–Crippen LogP) is 2.43. The molecule has 5 nitrogen and oxygen atoms in total. The standard InChI is InChI=1S/C10H8ClN3O2S/c1-2-16-10(15)6-5-17-9(14-6)7-8(11)13-4-3-12-7/h3-5H,2H2,1H3. The molecule has 7 heteroatoms. The molecule has 0 spiro atoms. The van der Waals surface area contributed by atoms with Gasteiger partial charge in [-0.3, -0.25) is 0 Å². The molecule has 0 atom stereocenters. The Morgan fingerprint density at radius 2 is 2.24 bits per heavy atom. The fourth-order valence-electron chi connectivity index (χ4n) is 1.15. The number of rotatable bonds is 3. The molecule has 88 valence electrons. The van der Waals surface area contributed by atoms with Gasteiger partial charge in [0, 0.05) is 17.8 Å². The number of esters is 1. The van der Waals surface area contributed by atoms with Crippen molar-refractivity contribution < 1.29 is 9.53 Å². The highest BCUT2D eigenvalue weighted by molar-refractivity contribution is 7.13. The maximum Gasteiger partial charge on any atom is 0.357 e. The first kappa shape index (κ1) is 11.9. The molecule has 0 bridgehead atoms. The van der Waals surface area contributed by atoms with Crippen LogP contribution in [0.4, 0.5) is 0 Å². The van der Waals surface area contributed by atoms with E-state index in [0.29, 0.717) is 17.3 Å². The summed E-state index contributed by atoms with van der Waals surface area (Å²) in [4.78, 5) is 23.5. The van der Waals surface area contributed by atoms with E-state index in [-0.39, 0.29) is 10.8 Å². The lowest BCUT2D eigenvalue weighted by atomic mass is 10.4. The summed E-state index contributed by atoms with van der Waals surface area (Å²) in [5.74, 6) is -0.449. The van der Waals surface area contributed by atoms with Gasteiger partial charge in [-0.05, 0) is 6.92 Å². The van der Waals surface area contributed by atoms with Crippen LogP contribution in [-0.2, 0) is 4.74 Å². The Kier molecular flexibility index (Phi) is 3.65. The maximum atomic E-state index is 11.4. The van der Waals surface area contributed by atoms with Crippen LogP contribution in [0.25, 0.3) is 10.7 Å². The van der Waals surface area contributed by atoms with Crippen LogP contribution in [0.2, 0.25) is 5.15 Å². The zero-order valence-electron chi connectivity index (χ0n) is 8.88. The van der Waals surface area contributed by atoms with Crippen LogP contribution in [-0.4, -0.2) is 27.5 Å². The van der Waals surface area contributed by atoms with Crippen molar-refractivity contribution in [2.75, 3.05) is 6.61 Å². The number of hydrogen-bond donors (Lipinski definition) is 0. The van der Waals surface area contributed by atoms with Gasteiger partial charge in [0.1, 0.15) is 10.7 Å². The second-order valence-corrected chi connectivity index (χ2v) is 4.17. The van der Waals surface area contributed by atoms with E-state index in [1.165, 1.54) is 23.7 Å². The van der Waals surface area contributed by atoms with E-state index in [0.717, 1.165) is 0 Å². The summed E-state index contributed by atoms with van der Waals surface area (Å²) in [6.45, 7) is 2.06. The summed E-state index contributed by atoms with van der Waals surface area (Å²) in [5.41, 5.74) is 0.725. The van der Waals surface area contributed by atoms with Crippen LogP contribution in [0.15, 0.2) is 17.8 Å². The molecule has 0 saturated heterocycles. The highest BCUT2D eigenvalue weighted by Gasteiger charge is 2.15. The quantitative estimate of drug-likeness (QED) is 0.801. The van der Waals surface area contributed by atoms with Gasteiger partial charge in [0.25, 0.3) is 0 Å². The molecule has 2 rings (SSSR count). The Hall–Kier alpha value is -1.53. The van der Waals surface area contributed by atoms with Gasteiger partial charge < -0.3 is 4.74 Å². The van der Waals surface area contributed by atoms with Crippen molar-refractivity contribution in [3.8, 4) is 10.7 Å². The summed E-state index contributed by atoms with van der Waals surface area (Å²) >= 11 is 7.16. The third-order valence-corrected chi connectivity index (χ3v) is 2.97. The molecule has 0 radical (unpaired) electrons. The zero-order chi connectivity index (χ0) is 12.3. The lowest BCUT2D eigenvalue weighted by Gasteiger charge is -1.97. The molecule has 0 unspecified atom stereocenters. The summed E-state index contributed by atoms with van der Waals surface area (Å²) < 4.78 is 4.84. The van der Waals surface area contributed by atoms with Crippen LogP contribution < -0.4 is 0 Å². The normalized spacial score (nSPS) is 10.2. The van der Waals surface area contributed by atoms with Crippen molar-refractivity contribution in [2.24, 2.45) is 0 Å². The Labute approximate surface area is 106 Å². The second kappa shape index (κ2) is 5.20. The van der Waals surface area contributed by atoms with Gasteiger partial charge in [0.2, 0.25) is 0 Å². The van der Waals surface area contributed by atoms with E-state index < -0.39 is 5.97 Å². The molecule has 2 aromatic heterocycles.